The molecule has 1 saturated carbocycles. The third kappa shape index (κ3) is 2.71. The van der Waals surface area contributed by atoms with Crippen molar-refractivity contribution in [3.63, 3.8) is 0 Å². The Hall–Kier alpha value is -0.170. The lowest BCUT2D eigenvalue weighted by atomic mass is 10.4. The van der Waals surface area contributed by atoms with E-state index in [1.807, 2.05) is 0 Å². The molecule has 0 aliphatic heterocycles. The fourth-order valence-electron chi connectivity index (χ4n) is 1.13. The van der Waals surface area contributed by atoms with E-state index in [4.69, 9.17) is 10.9 Å². The van der Waals surface area contributed by atoms with Gasteiger partial charge in [-0.1, -0.05) is 0 Å². The largest absolute Gasteiger partial charge is 0.330 e. The summed E-state index contributed by atoms with van der Waals surface area (Å²) < 4.78 is 23.3. The van der Waals surface area contributed by atoms with Gasteiger partial charge in [-0.15, -0.1) is 0 Å². The van der Waals surface area contributed by atoms with Gasteiger partial charge in [-0.3, -0.25) is 0 Å². The summed E-state index contributed by atoms with van der Waals surface area (Å²) in [6.07, 6.45) is 2.54. The molecule has 0 heterocycles. The quantitative estimate of drug-likeness (QED) is 0.587. The van der Waals surface area contributed by atoms with E-state index in [1.165, 1.54) is 4.31 Å². The molecule has 0 saturated heterocycles. The predicted octanol–water partition coefficient (Wildman–Crippen LogP) is -0.997. The van der Waals surface area contributed by atoms with Crippen LogP contribution in [0.25, 0.3) is 0 Å². The van der Waals surface area contributed by atoms with E-state index >= 15 is 0 Å². The molecule has 1 fully saturated rings. The maximum absolute atomic E-state index is 11.0. The first kappa shape index (κ1) is 9.91. The Labute approximate surface area is 72.9 Å². The molecule has 0 aromatic carbocycles. The SMILES string of the molecule is NCCCN(C1CC1)S(N)(=O)=O. The molecule has 0 amide bonds. The zero-order valence-electron chi connectivity index (χ0n) is 6.94. The molecule has 0 bridgehead atoms. The van der Waals surface area contributed by atoms with Crippen LogP contribution in [0.1, 0.15) is 19.3 Å². The molecule has 0 aromatic rings. The van der Waals surface area contributed by atoms with Crippen molar-refractivity contribution in [2.45, 2.75) is 25.3 Å². The molecule has 4 N–H and O–H groups in total. The Balaban J connectivity index is 2.49. The second-order valence-electron chi connectivity index (χ2n) is 3.03. The molecule has 1 aliphatic rings. The first-order chi connectivity index (χ1) is 5.55. The predicted molar refractivity (Wildman–Crippen MR) is 46.5 cm³/mol. The number of rotatable bonds is 5. The minimum absolute atomic E-state index is 0.145. The average molecular weight is 193 g/mol. The summed E-state index contributed by atoms with van der Waals surface area (Å²) in [6.45, 7) is 0.957. The van der Waals surface area contributed by atoms with Crippen molar-refractivity contribution in [3.05, 3.63) is 0 Å². The van der Waals surface area contributed by atoms with E-state index in [9.17, 15) is 8.42 Å². The highest BCUT2D eigenvalue weighted by Gasteiger charge is 2.34. The zero-order valence-corrected chi connectivity index (χ0v) is 7.76. The average Bonchev–Trinajstić information content (AvgIpc) is 2.69. The molecule has 0 atom stereocenters. The molecule has 0 spiro atoms. The zero-order chi connectivity index (χ0) is 9.19. The van der Waals surface area contributed by atoms with E-state index in [-0.39, 0.29) is 6.04 Å². The molecule has 5 nitrogen and oxygen atoms in total. The lowest BCUT2D eigenvalue weighted by Gasteiger charge is -2.17. The van der Waals surface area contributed by atoms with Crippen LogP contribution in [-0.2, 0) is 10.2 Å². The van der Waals surface area contributed by atoms with Gasteiger partial charge in [0.1, 0.15) is 0 Å². The third-order valence-corrected chi connectivity index (χ3v) is 3.00. The van der Waals surface area contributed by atoms with Crippen LogP contribution >= 0.6 is 0 Å². The van der Waals surface area contributed by atoms with Crippen molar-refractivity contribution in [2.24, 2.45) is 10.9 Å². The Morgan fingerprint density at radius 2 is 2.00 bits per heavy atom. The third-order valence-electron chi connectivity index (χ3n) is 1.86. The van der Waals surface area contributed by atoms with Gasteiger partial charge in [-0.2, -0.15) is 12.7 Å². The van der Waals surface area contributed by atoms with Crippen molar-refractivity contribution in [2.75, 3.05) is 13.1 Å². The fraction of sp³-hybridized carbons (Fsp3) is 1.00. The lowest BCUT2D eigenvalue weighted by molar-refractivity contribution is 0.400. The Morgan fingerprint density at radius 3 is 2.33 bits per heavy atom. The minimum Gasteiger partial charge on any atom is -0.330 e. The highest BCUT2D eigenvalue weighted by molar-refractivity contribution is 7.86. The van der Waals surface area contributed by atoms with Crippen LogP contribution < -0.4 is 10.9 Å². The second kappa shape index (κ2) is 3.69. The second-order valence-corrected chi connectivity index (χ2v) is 4.53. The molecule has 0 aromatic heterocycles. The molecule has 6 heteroatoms. The van der Waals surface area contributed by atoms with Gasteiger partial charge in [0, 0.05) is 12.6 Å². The standard InChI is InChI=1S/C6H15N3O2S/c7-4-1-5-9(6-2-3-6)12(8,10)11/h6H,1-5,7H2,(H2,8,10,11). The summed E-state index contributed by atoms with van der Waals surface area (Å²) in [5.74, 6) is 0. The van der Waals surface area contributed by atoms with Crippen LogP contribution in [0.15, 0.2) is 0 Å². The van der Waals surface area contributed by atoms with Gasteiger partial charge in [-0.25, -0.2) is 5.14 Å². The maximum Gasteiger partial charge on any atom is 0.277 e. The summed E-state index contributed by atoms with van der Waals surface area (Å²) in [4.78, 5) is 0. The lowest BCUT2D eigenvalue weighted by Crippen LogP contribution is -2.39. The number of hydrogen-bond acceptors (Lipinski definition) is 3. The summed E-state index contributed by atoms with van der Waals surface area (Å²) >= 11 is 0. The molecule has 72 valence electrons. The Kier molecular flexibility index (Phi) is 3.05. The summed E-state index contributed by atoms with van der Waals surface area (Å²) in [5, 5.41) is 5.02. The topological polar surface area (TPSA) is 89.4 Å². The molecule has 12 heavy (non-hydrogen) atoms. The van der Waals surface area contributed by atoms with Gasteiger partial charge in [0.2, 0.25) is 0 Å². The van der Waals surface area contributed by atoms with Crippen LogP contribution in [0.5, 0.6) is 0 Å². The highest BCUT2D eigenvalue weighted by Crippen LogP contribution is 2.27. The van der Waals surface area contributed by atoms with Crippen molar-refractivity contribution in [3.8, 4) is 0 Å². The van der Waals surface area contributed by atoms with Crippen LogP contribution in [0, 0.1) is 0 Å². The molecule has 1 rings (SSSR count). The normalized spacial score (nSPS) is 18.6. The first-order valence-electron chi connectivity index (χ1n) is 4.05. The van der Waals surface area contributed by atoms with E-state index in [0.29, 0.717) is 19.5 Å². The summed E-state index contributed by atoms with van der Waals surface area (Å²) in [6, 6.07) is 0.145. The van der Waals surface area contributed by atoms with Gasteiger partial charge in [0.25, 0.3) is 10.2 Å². The number of nitrogens with zero attached hydrogens (tertiary/aromatic N) is 1. The monoisotopic (exact) mass is 193 g/mol. The number of hydrogen-bond donors (Lipinski definition) is 2. The van der Waals surface area contributed by atoms with Crippen molar-refractivity contribution in [1.29, 1.82) is 0 Å². The number of nitrogens with two attached hydrogens (primary N) is 2. The van der Waals surface area contributed by atoms with Gasteiger partial charge < -0.3 is 5.73 Å². The fourth-order valence-corrected chi connectivity index (χ4v) is 2.14. The minimum atomic E-state index is -3.50. The Bertz CT molecular complexity index is 235. The van der Waals surface area contributed by atoms with Crippen LogP contribution in [0.4, 0.5) is 0 Å². The summed E-state index contributed by atoms with van der Waals surface area (Å²) in [5.41, 5.74) is 5.28. The van der Waals surface area contributed by atoms with Crippen LogP contribution in [-0.4, -0.2) is 31.9 Å². The smallest absolute Gasteiger partial charge is 0.277 e. The van der Waals surface area contributed by atoms with Crippen molar-refractivity contribution in [1.82, 2.24) is 4.31 Å². The van der Waals surface area contributed by atoms with Gasteiger partial charge in [0.15, 0.2) is 0 Å². The molecular weight excluding hydrogens is 178 g/mol. The van der Waals surface area contributed by atoms with Gasteiger partial charge in [-0.05, 0) is 25.8 Å². The van der Waals surface area contributed by atoms with E-state index in [1.54, 1.807) is 0 Å². The van der Waals surface area contributed by atoms with Gasteiger partial charge in [0.05, 0.1) is 0 Å². The van der Waals surface area contributed by atoms with E-state index < -0.39 is 10.2 Å². The van der Waals surface area contributed by atoms with Crippen LogP contribution in [0.2, 0.25) is 0 Å². The van der Waals surface area contributed by atoms with E-state index in [2.05, 4.69) is 0 Å². The van der Waals surface area contributed by atoms with Gasteiger partial charge >= 0.3 is 0 Å². The van der Waals surface area contributed by atoms with Crippen molar-refractivity contribution >= 4 is 10.2 Å². The maximum atomic E-state index is 11.0. The highest BCUT2D eigenvalue weighted by atomic mass is 32.2. The van der Waals surface area contributed by atoms with E-state index in [0.717, 1.165) is 12.8 Å². The molecule has 0 unspecified atom stereocenters. The van der Waals surface area contributed by atoms with Crippen LogP contribution in [0.3, 0.4) is 0 Å². The molecular formula is C6H15N3O2S. The Morgan fingerprint density at radius 1 is 1.42 bits per heavy atom. The molecule has 1 aliphatic carbocycles. The first-order valence-corrected chi connectivity index (χ1v) is 5.55. The van der Waals surface area contributed by atoms with Crippen molar-refractivity contribution < 1.29 is 8.42 Å². The summed E-state index contributed by atoms with van der Waals surface area (Å²) in [7, 11) is -3.50. The molecule has 0 radical (unpaired) electrons.